The predicted molar refractivity (Wildman–Crippen MR) is 59.1 cm³/mol. The minimum Gasteiger partial charge on any atom is -0.476 e. The molecule has 1 aliphatic heterocycles. The number of aromatic carboxylic acids is 1. The fourth-order valence-corrected chi connectivity index (χ4v) is 3.28. The number of hydrogen-bond donors (Lipinski definition) is 1. The average molecular weight is 259 g/mol. The Morgan fingerprint density at radius 2 is 2.47 bits per heavy atom. The Morgan fingerprint density at radius 1 is 1.71 bits per heavy atom. The van der Waals surface area contributed by atoms with Gasteiger partial charge in [-0.3, -0.25) is 4.21 Å². The molecular formula is C10H13NO5S. The molecule has 0 amide bonds. The first kappa shape index (κ1) is 12.3. The third kappa shape index (κ3) is 2.73. The van der Waals surface area contributed by atoms with Crippen molar-refractivity contribution in [3.63, 3.8) is 0 Å². The van der Waals surface area contributed by atoms with E-state index in [1.165, 1.54) is 6.07 Å². The summed E-state index contributed by atoms with van der Waals surface area (Å²) in [6.45, 7) is 2.51. The lowest BCUT2D eigenvalue weighted by Gasteiger charge is -2.11. The topological polar surface area (TPSA) is 89.6 Å². The van der Waals surface area contributed by atoms with Crippen molar-refractivity contribution in [2.75, 3.05) is 6.61 Å². The summed E-state index contributed by atoms with van der Waals surface area (Å²) in [4.78, 5) is 10.6. The molecular weight excluding hydrogens is 246 g/mol. The monoisotopic (exact) mass is 259 g/mol. The van der Waals surface area contributed by atoms with E-state index in [9.17, 15) is 9.00 Å². The lowest BCUT2D eigenvalue weighted by Crippen LogP contribution is -2.23. The van der Waals surface area contributed by atoms with Crippen molar-refractivity contribution in [2.24, 2.45) is 0 Å². The summed E-state index contributed by atoms with van der Waals surface area (Å²) in [7, 11) is -1.13. The lowest BCUT2D eigenvalue weighted by molar-refractivity contribution is 0.0685. The Balaban J connectivity index is 2.00. The summed E-state index contributed by atoms with van der Waals surface area (Å²) in [5.74, 6) is -0.637. The maximum absolute atomic E-state index is 12.0. The first-order chi connectivity index (χ1) is 8.08. The van der Waals surface area contributed by atoms with Crippen LogP contribution in [-0.4, -0.2) is 38.4 Å². The van der Waals surface area contributed by atoms with Crippen molar-refractivity contribution in [2.45, 2.75) is 30.5 Å². The van der Waals surface area contributed by atoms with Crippen molar-refractivity contribution >= 4 is 16.8 Å². The van der Waals surface area contributed by atoms with Gasteiger partial charge >= 0.3 is 5.97 Å². The van der Waals surface area contributed by atoms with Crippen LogP contribution >= 0.6 is 0 Å². The molecule has 2 heterocycles. The molecule has 0 aromatic carbocycles. The number of carboxylic acids is 1. The van der Waals surface area contributed by atoms with Crippen LogP contribution in [0.25, 0.3) is 0 Å². The van der Waals surface area contributed by atoms with Gasteiger partial charge in [0, 0.05) is 23.5 Å². The summed E-state index contributed by atoms with van der Waals surface area (Å²) in [5.41, 5.74) is -0.160. The zero-order chi connectivity index (χ0) is 12.4. The normalized spacial score (nSPS) is 25.9. The van der Waals surface area contributed by atoms with Gasteiger partial charge in [-0.25, -0.2) is 4.79 Å². The summed E-state index contributed by atoms with van der Waals surface area (Å²) in [5, 5.41) is 12.0. The van der Waals surface area contributed by atoms with Crippen LogP contribution < -0.4 is 0 Å². The van der Waals surface area contributed by atoms with Crippen LogP contribution in [0.3, 0.4) is 0 Å². The van der Waals surface area contributed by atoms with Crippen LogP contribution in [0, 0.1) is 0 Å². The molecule has 0 spiro atoms. The number of ether oxygens (including phenoxy) is 1. The molecule has 94 valence electrons. The van der Waals surface area contributed by atoms with E-state index < -0.39 is 16.8 Å². The largest absolute Gasteiger partial charge is 0.476 e. The number of hydrogen-bond acceptors (Lipinski definition) is 5. The van der Waals surface area contributed by atoms with E-state index in [0.29, 0.717) is 12.4 Å². The molecule has 1 fully saturated rings. The lowest BCUT2D eigenvalue weighted by atomic mass is 10.3. The molecule has 0 radical (unpaired) electrons. The highest BCUT2D eigenvalue weighted by molar-refractivity contribution is 7.84. The van der Waals surface area contributed by atoms with Crippen LogP contribution in [0.1, 0.15) is 29.6 Å². The quantitative estimate of drug-likeness (QED) is 0.860. The average Bonchev–Trinajstić information content (AvgIpc) is 2.86. The molecule has 3 unspecified atom stereocenters. The molecule has 0 aliphatic carbocycles. The molecule has 2 rings (SSSR count). The fourth-order valence-electron chi connectivity index (χ4n) is 1.79. The van der Waals surface area contributed by atoms with Gasteiger partial charge in [0.05, 0.1) is 17.1 Å². The van der Waals surface area contributed by atoms with E-state index in [4.69, 9.17) is 14.4 Å². The van der Waals surface area contributed by atoms with Gasteiger partial charge in [0.15, 0.2) is 5.69 Å². The van der Waals surface area contributed by atoms with Crippen LogP contribution in [0.15, 0.2) is 10.6 Å². The van der Waals surface area contributed by atoms with Gasteiger partial charge in [-0.1, -0.05) is 5.16 Å². The van der Waals surface area contributed by atoms with Crippen molar-refractivity contribution < 1.29 is 23.4 Å². The van der Waals surface area contributed by atoms with Gasteiger partial charge in [-0.05, 0) is 13.3 Å². The number of carboxylic acid groups (broad SMARTS) is 1. The standard InChI is InChI=1S/C10H13NO5S/c1-6-9(2-3-15-6)17(14)5-7-4-8(10(12)13)11-16-7/h4,6,9H,2-3,5H2,1H3,(H,12,13). The molecule has 0 bridgehead atoms. The highest BCUT2D eigenvalue weighted by Gasteiger charge is 2.30. The van der Waals surface area contributed by atoms with Crippen molar-refractivity contribution in [3.8, 4) is 0 Å². The van der Waals surface area contributed by atoms with Gasteiger partial charge in [0.1, 0.15) is 5.76 Å². The molecule has 1 aromatic heterocycles. The van der Waals surface area contributed by atoms with Crippen molar-refractivity contribution in [1.82, 2.24) is 5.16 Å². The second-order valence-electron chi connectivity index (χ2n) is 3.91. The van der Waals surface area contributed by atoms with Gasteiger partial charge in [0.25, 0.3) is 0 Å². The SMILES string of the molecule is CC1OCCC1S(=O)Cc1cc(C(=O)O)no1. The highest BCUT2D eigenvalue weighted by Crippen LogP contribution is 2.21. The van der Waals surface area contributed by atoms with Gasteiger partial charge in [0.2, 0.25) is 0 Å². The summed E-state index contributed by atoms with van der Waals surface area (Å²) >= 11 is 0. The smallest absolute Gasteiger partial charge is 0.358 e. The zero-order valence-corrected chi connectivity index (χ0v) is 10.1. The molecule has 6 nitrogen and oxygen atoms in total. The van der Waals surface area contributed by atoms with Crippen LogP contribution in [-0.2, 0) is 21.3 Å². The van der Waals surface area contributed by atoms with E-state index in [1.54, 1.807) is 0 Å². The van der Waals surface area contributed by atoms with Gasteiger partial charge < -0.3 is 14.4 Å². The Hall–Kier alpha value is -1.21. The molecule has 1 N–H and O–H groups in total. The summed E-state index contributed by atoms with van der Waals surface area (Å²) in [6, 6.07) is 1.31. The Morgan fingerprint density at radius 3 is 3.00 bits per heavy atom. The first-order valence-electron chi connectivity index (χ1n) is 5.25. The number of aromatic nitrogens is 1. The minimum absolute atomic E-state index is 0.0200. The van der Waals surface area contributed by atoms with Crippen molar-refractivity contribution in [3.05, 3.63) is 17.5 Å². The number of carbonyl (C=O) groups is 1. The Bertz CT molecular complexity index is 444. The Labute approximate surface area is 100 Å². The summed E-state index contributed by atoms with van der Waals surface area (Å²) < 4.78 is 22.2. The molecule has 7 heteroatoms. The molecule has 1 saturated heterocycles. The van der Waals surface area contributed by atoms with E-state index in [-0.39, 0.29) is 22.8 Å². The van der Waals surface area contributed by atoms with Gasteiger partial charge in [-0.2, -0.15) is 0 Å². The predicted octanol–water partition coefficient (Wildman–Crippen LogP) is 0.799. The highest BCUT2D eigenvalue weighted by atomic mass is 32.2. The minimum atomic E-state index is -1.15. The van der Waals surface area contributed by atoms with Crippen LogP contribution in [0.2, 0.25) is 0 Å². The molecule has 0 saturated carbocycles. The molecule has 1 aliphatic rings. The Kier molecular flexibility index (Phi) is 3.58. The van der Waals surface area contributed by atoms with E-state index >= 15 is 0 Å². The first-order valence-corrected chi connectivity index (χ1v) is 6.64. The third-order valence-corrected chi connectivity index (χ3v) is 4.57. The van der Waals surface area contributed by atoms with E-state index in [0.717, 1.165) is 6.42 Å². The second-order valence-corrected chi connectivity index (χ2v) is 5.57. The molecule has 3 atom stereocenters. The third-order valence-electron chi connectivity index (χ3n) is 2.71. The maximum Gasteiger partial charge on any atom is 0.358 e. The molecule has 17 heavy (non-hydrogen) atoms. The van der Waals surface area contributed by atoms with Crippen LogP contribution in [0.4, 0.5) is 0 Å². The van der Waals surface area contributed by atoms with Crippen LogP contribution in [0.5, 0.6) is 0 Å². The van der Waals surface area contributed by atoms with Crippen molar-refractivity contribution in [1.29, 1.82) is 0 Å². The number of nitrogens with zero attached hydrogens (tertiary/aromatic N) is 1. The van der Waals surface area contributed by atoms with E-state index in [2.05, 4.69) is 5.16 Å². The summed E-state index contributed by atoms with van der Waals surface area (Å²) in [6.07, 6.45) is 0.728. The second kappa shape index (κ2) is 4.97. The van der Waals surface area contributed by atoms with E-state index in [1.807, 2.05) is 6.92 Å². The fraction of sp³-hybridized carbons (Fsp3) is 0.600. The zero-order valence-electron chi connectivity index (χ0n) is 9.29. The molecule has 1 aromatic rings. The number of rotatable bonds is 4. The maximum atomic E-state index is 12.0. The van der Waals surface area contributed by atoms with Gasteiger partial charge in [-0.15, -0.1) is 0 Å².